The van der Waals surface area contributed by atoms with Crippen molar-refractivity contribution in [3.63, 3.8) is 0 Å². The fraction of sp³-hybridized carbons (Fsp3) is 0.500. The van der Waals surface area contributed by atoms with Crippen molar-refractivity contribution >= 4 is 0 Å². The van der Waals surface area contributed by atoms with Gasteiger partial charge in [0.25, 0.3) is 0 Å². The van der Waals surface area contributed by atoms with E-state index in [-0.39, 0.29) is 11.5 Å². The Balaban J connectivity index is 1.29. The molecule has 3 aliphatic carbocycles. The van der Waals surface area contributed by atoms with Crippen LogP contribution in [0.2, 0.25) is 0 Å². The van der Waals surface area contributed by atoms with Gasteiger partial charge in [0.15, 0.2) is 0 Å². The van der Waals surface area contributed by atoms with Crippen LogP contribution in [-0.2, 0) is 27.9 Å². The molecule has 1 heterocycles. The number of fused-ring (bicyclic) bond motifs is 1. The zero-order valence-corrected chi connectivity index (χ0v) is 23.2. The highest BCUT2D eigenvalue weighted by molar-refractivity contribution is 5.59. The number of methoxy groups -OCH3 is 1. The first kappa shape index (κ1) is 26.3. The highest BCUT2D eigenvalue weighted by Crippen LogP contribution is 2.59. The summed E-state index contributed by atoms with van der Waals surface area (Å²) in [6.07, 6.45) is 8.31. The lowest BCUT2D eigenvalue weighted by atomic mass is 9.51. The summed E-state index contributed by atoms with van der Waals surface area (Å²) in [5.74, 6) is 2.58. The summed E-state index contributed by atoms with van der Waals surface area (Å²) >= 11 is 0. The minimum absolute atomic E-state index is 0.0508. The van der Waals surface area contributed by atoms with Crippen molar-refractivity contribution in [2.24, 2.45) is 11.8 Å². The molecule has 0 N–H and O–H groups in total. The van der Waals surface area contributed by atoms with Crippen molar-refractivity contribution < 1.29 is 14.2 Å². The van der Waals surface area contributed by atoms with Crippen LogP contribution < -0.4 is 4.74 Å². The van der Waals surface area contributed by atoms with Gasteiger partial charge in [-0.25, -0.2) is 0 Å². The van der Waals surface area contributed by atoms with Crippen LogP contribution >= 0.6 is 0 Å². The van der Waals surface area contributed by atoms with Gasteiger partial charge in [0.2, 0.25) is 0 Å². The summed E-state index contributed by atoms with van der Waals surface area (Å²) in [7, 11) is 1.84. The van der Waals surface area contributed by atoms with E-state index in [1.165, 1.54) is 30.5 Å². The van der Waals surface area contributed by atoms with Gasteiger partial charge < -0.3 is 14.2 Å². The molecule has 204 valence electrons. The van der Waals surface area contributed by atoms with Crippen molar-refractivity contribution in [1.82, 2.24) is 4.90 Å². The molecule has 2 aromatic rings. The monoisotopic (exact) mass is 524 g/mol. The average Bonchev–Trinajstić information content (AvgIpc) is 3.78. The normalized spacial score (nSPS) is 27.6. The highest BCUT2D eigenvalue weighted by Gasteiger charge is 2.57. The number of rotatable bonds is 10. The number of likely N-dealkylation sites (tertiary alicyclic amines) is 1. The molecular formula is C34H40N2O3. The number of hydrogen-bond donors (Lipinski definition) is 0. The van der Waals surface area contributed by atoms with Gasteiger partial charge in [-0.3, -0.25) is 4.90 Å². The Kier molecular flexibility index (Phi) is 7.37. The van der Waals surface area contributed by atoms with E-state index in [1.807, 2.05) is 43.5 Å². The molecule has 2 bridgehead atoms. The van der Waals surface area contributed by atoms with Crippen LogP contribution in [0.4, 0.5) is 0 Å². The second-order valence-electron chi connectivity index (χ2n) is 12.1. The van der Waals surface area contributed by atoms with E-state index in [9.17, 15) is 5.26 Å². The van der Waals surface area contributed by atoms with E-state index in [0.717, 1.165) is 50.1 Å². The number of nitrogens with zero attached hydrogens (tertiary/aromatic N) is 2. The molecule has 2 saturated carbocycles. The van der Waals surface area contributed by atoms with Crippen LogP contribution in [0.3, 0.4) is 0 Å². The molecule has 1 aliphatic heterocycles. The van der Waals surface area contributed by atoms with Crippen LogP contribution in [0.5, 0.6) is 5.75 Å². The topological polar surface area (TPSA) is 54.7 Å². The molecule has 0 amide bonds. The van der Waals surface area contributed by atoms with Gasteiger partial charge in [0.1, 0.15) is 17.6 Å². The maximum Gasteiger partial charge on any atom is 0.149 e. The number of hydrogen-bond acceptors (Lipinski definition) is 5. The predicted molar refractivity (Wildman–Crippen MR) is 152 cm³/mol. The van der Waals surface area contributed by atoms with Crippen LogP contribution in [0.1, 0.15) is 60.8 Å². The number of piperidine rings is 1. The Bertz CT molecular complexity index is 1280. The van der Waals surface area contributed by atoms with E-state index in [2.05, 4.69) is 30.2 Å². The Morgan fingerprint density at radius 3 is 2.67 bits per heavy atom. The van der Waals surface area contributed by atoms with Gasteiger partial charge in [-0.15, -0.1) is 0 Å². The second-order valence-corrected chi connectivity index (χ2v) is 12.1. The molecule has 5 nitrogen and oxygen atoms in total. The van der Waals surface area contributed by atoms with E-state index in [1.54, 1.807) is 0 Å². The zero-order chi connectivity index (χ0) is 27.0. The third-order valence-corrected chi connectivity index (χ3v) is 9.70. The molecule has 0 radical (unpaired) electrons. The summed E-state index contributed by atoms with van der Waals surface area (Å²) in [5, 5.41) is 10.2. The van der Waals surface area contributed by atoms with Gasteiger partial charge in [0.05, 0.1) is 24.9 Å². The molecule has 0 aromatic heterocycles. The molecule has 0 spiro atoms. The first-order valence-electron chi connectivity index (χ1n) is 14.5. The highest BCUT2D eigenvalue weighted by atomic mass is 16.5. The lowest BCUT2D eigenvalue weighted by Crippen LogP contribution is -2.62. The number of ether oxygens (including phenoxy) is 3. The number of benzene rings is 2. The Hall–Kier alpha value is -2.91. The van der Waals surface area contributed by atoms with Gasteiger partial charge in [-0.2, -0.15) is 5.26 Å². The summed E-state index contributed by atoms with van der Waals surface area (Å²) in [6.45, 7) is 11.6. The van der Waals surface area contributed by atoms with Crippen molar-refractivity contribution in [3.8, 4) is 11.8 Å². The SMILES string of the molecule is C=C(COCc1ccccc1)C(=C)Oc1c(C#N)ccc2c1[C@]13CCN(CC4CC4)[C@H](C2)C1CCC(OC)C3. The van der Waals surface area contributed by atoms with Crippen molar-refractivity contribution in [1.29, 1.82) is 5.26 Å². The van der Waals surface area contributed by atoms with Crippen LogP contribution in [0.25, 0.3) is 0 Å². The molecule has 4 atom stereocenters. The quantitative estimate of drug-likeness (QED) is 0.269. The Morgan fingerprint density at radius 1 is 1.10 bits per heavy atom. The third kappa shape index (κ3) is 5.07. The van der Waals surface area contributed by atoms with Gasteiger partial charge in [0, 0.05) is 36.2 Å². The van der Waals surface area contributed by atoms with Gasteiger partial charge in [-0.05, 0) is 80.5 Å². The summed E-state index contributed by atoms with van der Waals surface area (Å²) in [6, 6.07) is 17.2. The molecule has 4 aliphatic rings. The average molecular weight is 525 g/mol. The molecule has 3 fully saturated rings. The molecule has 5 heteroatoms. The van der Waals surface area contributed by atoms with E-state index in [4.69, 9.17) is 14.2 Å². The lowest BCUT2D eigenvalue weighted by molar-refractivity contribution is -0.0611. The summed E-state index contributed by atoms with van der Waals surface area (Å²) in [5.41, 5.74) is 4.87. The second kappa shape index (κ2) is 10.9. The maximum absolute atomic E-state index is 10.2. The van der Waals surface area contributed by atoms with Crippen molar-refractivity contribution in [3.05, 3.63) is 89.2 Å². The van der Waals surface area contributed by atoms with E-state index < -0.39 is 0 Å². The minimum atomic E-state index is -0.0508. The fourth-order valence-electron chi connectivity index (χ4n) is 7.56. The third-order valence-electron chi connectivity index (χ3n) is 9.70. The Labute approximate surface area is 233 Å². The van der Waals surface area contributed by atoms with Crippen LogP contribution in [0.15, 0.2) is 67.0 Å². The first-order valence-corrected chi connectivity index (χ1v) is 14.5. The van der Waals surface area contributed by atoms with E-state index >= 15 is 0 Å². The minimum Gasteiger partial charge on any atom is -0.456 e. The lowest BCUT2D eigenvalue weighted by Gasteiger charge is -2.60. The zero-order valence-electron chi connectivity index (χ0n) is 23.2. The van der Waals surface area contributed by atoms with Crippen molar-refractivity contribution in [2.75, 3.05) is 26.8 Å². The van der Waals surface area contributed by atoms with Crippen LogP contribution in [0, 0.1) is 23.2 Å². The van der Waals surface area contributed by atoms with Crippen molar-refractivity contribution in [2.45, 2.75) is 69.1 Å². The largest absolute Gasteiger partial charge is 0.456 e. The predicted octanol–water partition coefficient (Wildman–Crippen LogP) is 6.32. The standard InChI is InChI=1S/C34H40N2O3/c1-23(21-38-22-26-7-5-4-6-8-26)24(2)39-33-28(19-35)12-11-27-17-31-30-14-13-29(37-3)18-34(30,32(27)33)15-16-36(31)20-25-9-10-25/h4-8,11-12,25,29-31H,1-2,9-10,13-18,20-22H2,3H3/t29?,30?,31-,34+/m1/s1. The smallest absolute Gasteiger partial charge is 0.149 e. The maximum atomic E-state index is 10.2. The van der Waals surface area contributed by atoms with E-state index in [0.29, 0.717) is 47.8 Å². The summed E-state index contributed by atoms with van der Waals surface area (Å²) in [4.78, 5) is 2.79. The van der Waals surface area contributed by atoms with Crippen LogP contribution in [-0.4, -0.2) is 43.9 Å². The molecule has 39 heavy (non-hydrogen) atoms. The molecular weight excluding hydrogens is 484 g/mol. The fourth-order valence-corrected chi connectivity index (χ4v) is 7.56. The molecule has 6 rings (SSSR count). The van der Waals surface area contributed by atoms with Gasteiger partial charge in [-0.1, -0.05) is 49.6 Å². The van der Waals surface area contributed by atoms with Gasteiger partial charge >= 0.3 is 0 Å². The molecule has 2 aromatic carbocycles. The Morgan fingerprint density at radius 2 is 1.92 bits per heavy atom. The first-order chi connectivity index (χ1) is 19.0. The number of nitriles is 1. The molecule has 1 saturated heterocycles. The summed E-state index contributed by atoms with van der Waals surface area (Å²) < 4.78 is 18.4. The molecule has 2 unspecified atom stereocenters.